The molecule has 2 aromatic rings. The number of ether oxygens (including phenoxy) is 3. The van der Waals surface area contributed by atoms with Crippen LogP contribution in [0.3, 0.4) is 0 Å². The summed E-state index contributed by atoms with van der Waals surface area (Å²) in [5.74, 6) is -0.943. The summed E-state index contributed by atoms with van der Waals surface area (Å²) in [5.41, 5.74) is 4.35. The van der Waals surface area contributed by atoms with Crippen LogP contribution in [0.5, 0.6) is 0 Å². The molecule has 0 aliphatic carbocycles. The molecular formula is C32H37N3O7S. The van der Waals surface area contributed by atoms with E-state index in [4.69, 9.17) is 18.6 Å². The fourth-order valence-electron chi connectivity index (χ4n) is 5.36. The number of nitrogens with zero attached hydrogens (tertiary/aromatic N) is 1. The summed E-state index contributed by atoms with van der Waals surface area (Å²) >= 11 is 1.19. The predicted octanol–water partition coefficient (Wildman–Crippen LogP) is 4.31. The number of benzene rings is 1. The van der Waals surface area contributed by atoms with Crippen molar-refractivity contribution in [1.29, 1.82) is 0 Å². The second-order valence-corrected chi connectivity index (χ2v) is 12.1. The number of rotatable bonds is 1. The number of aryl methyl sites for hydroxylation is 3. The molecule has 43 heavy (non-hydrogen) atoms. The van der Waals surface area contributed by atoms with E-state index >= 15 is 0 Å². The van der Waals surface area contributed by atoms with Crippen LogP contribution in [-0.4, -0.2) is 59.4 Å². The molecule has 1 fully saturated rings. The first-order chi connectivity index (χ1) is 20.7. The molecular weight excluding hydrogens is 570 g/mol. The van der Waals surface area contributed by atoms with Crippen LogP contribution in [0, 0.1) is 20.8 Å². The summed E-state index contributed by atoms with van der Waals surface area (Å²) in [6, 6.07) is 3.24. The van der Waals surface area contributed by atoms with Gasteiger partial charge in [-0.3, -0.25) is 9.59 Å². The number of allylic oxidation sites excluding steroid dienone is 2. The lowest BCUT2D eigenvalue weighted by Crippen LogP contribution is -2.44. The van der Waals surface area contributed by atoms with Crippen LogP contribution in [0.2, 0.25) is 0 Å². The SMILES string of the molecule is Cc1cc(C)c([C@H]2O[C@H]3Cc4nc(co4)C(=O)N[C@@H]4CS/C(=C\C[C@@H](C)OC4=O)C(=O)NC/C=C\C=C/[C@H](C3)O2)c(C)c1. The fourth-order valence-corrected chi connectivity index (χ4v) is 6.34. The van der Waals surface area contributed by atoms with Gasteiger partial charge in [-0.15, -0.1) is 11.8 Å². The summed E-state index contributed by atoms with van der Waals surface area (Å²) in [7, 11) is 0. The van der Waals surface area contributed by atoms with Crippen molar-refractivity contribution in [1.82, 2.24) is 15.6 Å². The zero-order valence-corrected chi connectivity index (χ0v) is 25.6. The van der Waals surface area contributed by atoms with E-state index in [-0.39, 0.29) is 29.6 Å². The quantitative estimate of drug-likeness (QED) is 0.456. The Labute approximate surface area is 255 Å². The van der Waals surface area contributed by atoms with E-state index in [0.717, 1.165) is 22.3 Å². The van der Waals surface area contributed by atoms with Gasteiger partial charge in [0.25, 0.3) is 11.8 Å². The highest BCUT2D eigenvalue weighted by molar-refractivity contribution is 8.04. The van der Waals surface area contributed by atoms with Crippen molar-refractivity contribution in [3.05, 3.63) is 87.5 Å². The number of amides is 2. The smallest absolute Gasteiger partial charge is 0.329 e. The Hall–Kier alpha value is -3.67. The summed E-state index contributed by atoms with van der Waals surface area (Å²) in [5, 5.41) is 5.59. The van der Waals surface area contributed by atoms with Crippen molar-refractivity contribution in [3.63, 3.8) is 0 Å². The number of carbonyl (C=O) groups excluding carboxylic acids is 3. The van der Waals surface area contributed by atoms with Gasteiger partial charge >= 0.3 is 5.97 Å². The summed E-state index contributed by atoms with van der Waals surface area (Å²) in [6.07, 6.45) is 10.3. The number of esters is 1. The highest BCUT2D eigenvalue weighted by atomic mass is 32.2. The zero-order chi connectivity index (χ0) is 30.5. The predicted molar refractivity (Wildman–Crippen MR) is 161 cm³/mol. The first-order valence-corrected chi connectivity index (χ1v) is 15.4. The molecule has 0 radical (unpaired) electrons. The maximum Gasteiger partial charge on any atom is 0.329 e. The lowest BCUT2D eigenvalue weighted by molar-refractivity contribution is -0.237. The van der Waals surface area contributed by atoms with E-state index in [0.29, 0.717) is 36.6 Å². The number of cyclic esters (lactones) is 1. The average Bonchev–Trinajstić information content (AvgIpc) is 3.42. The van der Waals surface area contributed by atoms with Crippen molar-refractivity contribution in [2.24, 2.45) is 0 Å². The maximum absolute atomic E-state index is 13.1. The Morgan fingerprint density at radius 2 is 1.81 bits per heavy atom. The molecule has 3 aliphatic rings. The van der Waals surface area contributed by atoms with E-state index in [1.807, 2.05) is 38.2 Å². The van der Waals surface area contributed by atoms with E-state index < -0.39 is 30.3 Å². The zero-order valence-electron chi connectivity index (χ0n) is 24.8. The first kappa shape index (κ1) is 30.8. The first-order valence-electron chi connectivity index (χ1n) is 14.4. The number of fused-ring (bicyclic) bond motifs is 7. The molecule has 10 nitrogen and oxygen atoms in total. The van der Waals surface area contributed by atoms with Gasteiger partial charge in [0.2, 0.25) is 0 Å². The average molecular weight is 608 g/mol. The molecule has 228 valence electrons. The lowest BCUT2D eigenvalue weighted by atomic mass is 9.98. The van der Waals surface area contributed by atoms with E-state index in [9.17, 15) is 14.4 Å². The standard InChI is InChI=1S/C32H37N3O7S/c1-18-12-19(2)28(20(3)13-18)32-41-22-8-6-5-7-11-33-30(37)26-10-9-21(4)40-31(38)25(17-43-26)35-29(36)24-16-39-27(34-24)15-23(14-22)42-32/h5-8,10,12-13,16,21-23,25,32H,9,11,14-15,17H2,1-4H3,(H,33,37)(H,35,36)/b7-5-,8-6-,26-10-/t21-,22-,23-,25-,32-/m1/s1. The number of oxazole rings is 1. The largest absolute Gasteiger partial charge is 0.461 e. The fraction of sp³-hybridized carbons (Fsp3) is 0.438. The Morgan fingerprint density at radius 1 is 1.02 bits per heavy atom. The van der Waals surface area contributed by atoms with E-state index in [1.54, 1.807) is 13.0 Å². The molecule has 0 unspecified atom stereocenters. The van der Waals surface area contributed by atoms with E-state index in [2.05, 4.69) is 34.7 Å². The molecule has 11 heteroatoms. The highest BCUT2D eigenvalue weighted by Gasteiger charge is 2.33. The molecule has 1 aromatic heterocycles. The molecule has 1 saturated heterocycles. The van der Waals surface area contributed by atoms with Crippen molar-refractivity contribution >= 4 is 29.5 Å². The summed E-state index contributed by atoms with van der Waals surface area (Å²) in [6.45, 7) is 8.21. The number of hydrogen-bond acceptors (Lipinski definition) is 9. The van der Waals surface area contributed by atoms with Gasteiger partial charge in [-0.2, -0.15) is 0 Å². The normalized spacial score (nSPS) is 29.9. The van der Waals surface area contributed by atoms with Gasteiger partial charge in [-0.25, -0.2) is 9.78 Å². The maximum atomic E-state index is 13.1. The molecule has 6 bridgehead atoms. The van der Waals surface area contributed by atoms with Crippen molar-refractivity contribution in [3.8, 4) is 0 Å². The second-order valence-electron chi connectivity index (χ2n) is 11.1. The Morgan fingerprint density at radius 3 is 2.60 bits per heavy atom. The van der Waals surface area contributed by atoms with Crippen LogP contribution in [0.4, 0.5) is 0 Å². The molecule has 5 rings (SSSR count). The van der Waals surface area contributed by atoms with Crippen LogP contribution < -0.4 is 10.6 Å². The van der Waals surface area contributed by atoms with Gasteiger partial charge in [0, 0.05) is 30.7 Å². The van der Waals surface area contributed by atoms with Gasteiger partial charge in [0.1, 0.15) is 18.4 Å². The third-order valence-corrected chi connectivity index (χ3v) is 8.56. The van der Waals surface area contributed by atoms with Crippen molar-refractivity contribution in [2.75, 3.05) is 12.3 Å². The second kappa shape index (κ2) is 13.7. The Bertz CT molecular complexity index is 1440. The summed E-state index contributed by atoms with van der Waals surface area (Å²) in [4.78, 5) is 43.8. The molecule has 0 spiro atoms. The third-order valence-electron chi connectivity index (χ3n) is 7.40. The number of nitrogens with one attached hydrogen (secondary N) is 2. The third kappa shape index (κ3) is 7.84. The van der Waals surface area contributed by atoms with Gasteiger partial charge in [0.05, 0.1) is 23.5 Å². The molecule has 0 saturated carbocycles. The molecule has 5 atom stereocenters. The van der Waals surface area contributed by atoms with Crippen LogP contribution in [0.15, 0.2) is 58.1 Å². The van der Waals surface area contributed by atoms with Gasteiger partial charge in [-0.05, 0) is 38.8 Å². The summed E-state index contributed by atoms with van der Waals surface area (Å²) < 4.78 is 24.0. The minimum atomic E-state index is -0.980. The molecule has 4 heterocycles. The van der Waals surface area contributed by atoms with Crippen LogP contribution >= 0.6 is 11.8 Å². The van der Waals surface area contributed by atoms with Gasteiger partial charge in [-0.1, -0.05) is 48.1 Å². The highest BCUT2D eigenvalue weighted by Crippen LogP contribution is 2.35. The van der Waals surface area contributed by atoms with Crippen molar-refractivity contribution in [2.45, 2.75) is 77.6 Å². The molecule has 3 aliphatic heterocycles. The van der Waals surface area contributed by atoms with Gasteiger partial charge in [0.15, 0.2) is 17.9 Å². The van der Waals surface area contributed by atoms with Gasteiger partial charge < -0.3 is 29.3 Å². The number of carbonyl (C=O) groups is 3. The molecule has 2 N–H and O–H groups in total. The Balaban J connectivity index is 1.43. The Kier molecular flexibility index (Phi) is 9.84. The minimum absolute atomic E-state index is 0.0408. The van der Waals surface area contributed by atoms with Crippen molar-refractivity contribution < 1.29 is 33.0 Å². The molecule has 2 amide bonds. The molecule has 1 aromatic carbocycles. The topological polar surface area (TPSA) is 129 Å². The van der Waals surface area contributed by atoms with E-state index in [1.165, 1.54) is 18.0 Å². The number of hydrogen-bond donors (Lipinski definition) is 2. The minimum Gasteiger partial charge on any atom is -0.461 e. The van der Waals surface area contributed by atoms with Crippen LogP contribution in [0.1, 0.15) is 64.7 Å². The van der Waals surface area contributed by atoms with Crippen LogP contribution in [-0.2, 0) is 30.2 Å². The number of thioether (sulfide) groups is 1. The lowest BCUT2D eigenvalue weighted by Gasteiger charge is -2.35. The number of aromatic nitrogens is 1. The monoisotopic (exact) mass is 607 g/mol. The van der Waals surface area contributed by atoms with Crippen LogP contribution in [0.25, 0.3) is 0 Å².